The molecule has 1 amide bonds. The predicted octanol–water partition coefficient (Wildman–Crippen LogP) is 3.72. The van der Waals surface area contributed by atoms with Crippen LogP contribution >= 0.6 is 11.6 Å². The molecule has 0 unspecified atom stereocenters. The molecule has 0 radical (unpaired) electrons. The molecule has 1 atom stereocenters. The minimum Gasteiger partial charge on any atom is -0.507 e. The molecule has 0 spiro atoms. The van der Waals surface area contributed by atoms with Gasteiger partial charge in [0, 0.05) is 16.3 Å². The molecular formula is C19H20ClN3O2. The number of phenols is 1. The molecule has 25 heavy (non-hydrogen) atoms. The second-order valence-electron chi connectivity index (χ2n) is 5.45. The highest BCUT2D eigenvalue weighted by Crippen LogP contribution is 2.21. The Labute approximate surface area is 152 Å². The maximum Gasteiger partial charge on any atom is 0.262 e. The summed E-state index contributed by atoms with van der Waals surface area (Å²) in [5.41, 5.74) is 4.51. The van der Waals surface area contributed by atoms with E-state index in [9.17, 15) is 9.90 Å². The van der Waals surface area contributed by atoms with E-state index in [1.54, 1.807) is 43.3 Å². The highest BCUT2D eigenvalue weighted by molar-refractivity contribution is 6.30. The summed E-state index contributed by atoms with van der Waals surface area (Å²) < 4.78 is 0. The molecule has 130 valence electrons. The average Bonchev–Trinajstić information content (AvgIpc) is 2.60. The molecule has 0 aliphatic rings. The number of para-hydroxylation sites is 1. The number of hydrazone groups is 1. The zero-order valence-electron chi connectivity index (χ0n) is 13.9. The largest absolute Gasteiger partial charge is 0.507 e. The van der Waals surface area contributed by atoms with Gasteiger partial charge in [-0.25, -0.2) is 5.43 Å². The van der Waals surface area contributed by atoms with Crippen LogP contribution in [-0.2, 0) is 11.2 Å². The van der Waals surface area contributed by atoms with E-state index in [-0.39, 0.29) is 11.7 Å². The van der Waals surface area contributed by atoms with E-state index < -0.39 is 6.04 Å². The third-order valence-electron chi connectivity index (χ3n) is 3.51. The van der Waals surface area contributed by atoms with Crippen molar-refractivity contribution in [2.75, 3.05) is 5.32 Å². The van der Waals surface area contributed by atoms with Crippen molar-refractivity contribution in [1.82, 2.24) is 5.43 Å². The number of hydrogen-bond acceptors (Lipinski definition) is 4. The number of benzene rings is 2. The van der Waals surface area contributed by atoms with Gasteiger partial charge in [0.2, 0.25) is 0 Å². The van der Waals surface area contributed by atoms with E-state index in [1.165, 1.54) is 6.21 Å². The normalized spacial score (nSPS) is 11.9. The van der Waals surface area contributed by atoms with E-state index in [2.05, 4.69) is 22.4 Å². The Hall–Kier alpha value is -2.79. The van der Waals surface area contributed by atoms with Crippen LogP contribution in [0.15, 0.2) is 60.2 Å². The quantitative estimate of drug-likeness (QED) is 0.401. The summed E-state index contributed by atoms with van der Waals surface area (Å²) in [6, 6.07) is 11.9. The number of rotatable bonds is 7. The maximum atomic E-state index is 12.1. The Balaban J connectivity index is 1.94. The number of phenolic OH excluding ortho intramolecular Hbond substituents is 1. The summed E-state index contributed by atoms with van der Waals surface area (Å²) in [6.07, 6.45) is 3.68. The number of amides is 1. The SMILES string of the molecule is C=CCc1cccc(/C=N\NC(=O)[C@H](C)Nc2ccc(Cl)cc2)c1O. The van der Waals surface area contributed by atoms with Gasteiger partial charge >= 0.3 is 0 Å². The molecular weight excluding hydrogens is 338 g/mol. The summed E-state index contributed by atoms with van der Waals surface area (Å²) >= 11 is 5.83. The van der Waals surface area contributed by atoms with Crippen molar-refractivity contribution in [2.45, 2.75) is 19.4 Å². The highest BCUT2D eigenvalue weighted by Gasteiger charge is 2.11. The fourth-order valence-corrected chi connectivity index (χ4v) is 2.29. The van der Waals surface area contributed by atoms with Crippen molar-refractivity contribution in [3.63, 3.8) is 0 Å². The van der Waals surface area contributed by atoms with Gasteiger partial charge in [-0.2, -0.15) is 5.10 Å². The molecule has 0 aromatic heterocycles. The van der Waals surface area contributed by atoms with E-state index in [0.29, 0.717) is 17.0 Å². The van der Waals surface area contributed by atoms with Crippen LogP contribution in [0.3, 0.4) is 0 Å². The van der Waals surface area contributed by atoms with Crippen LogP contribution in [0.2, 0.25) is 5.02 Å². The van der Waals surface area contributed by atoms with Crippen LogP contribution in [0.1, 0.15) is 18.1 Å². The maximum absolute atomic E-state index is 12.1. The average molecular weight is 358 g/mol. The van der Waals surface area contributed by atoms with Gasteiger partial charge in [0.15, 0.2) is 0 Å². The summed E-state index contributed by atoms with van der Waals surface area (Å²) in [5, 5.41) is 17.7. The first-order valence-corrected chi connectivity index (χ1v) is 8.16. The second kappa shape index (κ2) is 8.89. The second-order valence-corrected chi connectivity index (χ2v) is 5.89. The first-order chi connectivity index (χ1) is 12.0. The predicted molar refractivity (Wildman–Crippen MR) is 102 cm³/mol. The molecule has 3 N–H and O–H groups in total. The van der Waals surface area contributed by atoms with Gasteiger partial charge in [-0.3, -0.25) is 4.79 Å². The number of halogens is 1. The first-order valence-electron chi connectivity index (χ1n) is 7.78. The number of carbonyl (C=O) groups excluding carboxylic acids is 1. The molecule has 0 saturated heterocycles. The fourth-order valence-electron chi connectivity index (χ4n) is 2.16. The molecule has 0 heterocycles. The van der Waals surface area contributed by atoms with Gasteiger partial charge in [-0.1, -0.05) is 29.8 Å². The molecule has 2 rings (SSSR count). The zero-order chi connectivity index (χ0) is 18.2. The molecule has 0 aliphatic carbocycles. The van der Waals surface area contributed by atoms with Crippen LogP contribution in [-0.4, -0.2) is 23.3 Å². The number of aromatic hydroxyl groups is 1. The van der Waals surface area contributed by atoms with Gasteiger partial charge in [-0.05, 0) is 49.2 Å². The summed E-state index contributed by atoms with van der Waals surface area (Å²) in [4.78, 5) is 12.1. The van der Waals surface area contributed by atoms with Gasteiger partial charge in [-0.15, -0.1) is 6.58 Å². The third-order valence-corrected chi connectivity index (χ3v) is 3.77. The number of allylic oxidation sites excluding steroid dienone is 1. The van der Waals surface area contributed by atoms with Crippen molar-refractivity contribution in [2.24, 2.45) is 5.10 Å². The van der Waals surface area contributed by atoms with E-state index in [4.69, 9.17) is 11.6 Å². The zero-order valence-corrected chi connectivity index (χ0v) is 14.6. The van der Waals surface area contributed by atoms with Crippen molar-refractivity contribution in [3.05, 3.63) is 71.3 Å². The lowest BCUT2D eigenvalue weighted by Gasteiger charge is -2.13. The molecule has 5 nitrogen and oxygen atoms in total. The lowest BCUT2D eigenvalue weighted by atomic mass is 10.1. The minimum absolute atomic E-state index is 0.132. The topological polar surface area (TPSA) is 73.7 Å². The minimum atomic E-state index is -0.487. The summed E-state index contributed by atoms with van der Waals surface area (Å²) in [7, 11) is 0. The Bertz CT molecular complexity index is 773. The standard InChI is InChI=1S/C19H20ClN3O2/c1-3-5-14-6-4-7-15(18(14)24)12-21-23-19(25)13(2)22-17-10-8-16(20)9-11-17/h3-4,6-13,22,24H,1,5H2,2H3,(H,23,25)/b21-12-/t13-/m0/s1. The van der Waals surface area contributed by atoms with Gasteiger partial charge in [0.25, 0.3) is 5.91 Å². The number of anilines is 1. The highest BCUT2D eigenvalue weighted by atomic mass is 35.5. The third kappa shape index (κ3) is 5.36. The first kappa shape index (κ1) is 18.5. The summed E-state index contributed by atoms with van der Waals surface area (Å²) in [6.45, 7) is 5.38. The Morgan fingerprint density at radius 1 is 1.32 bits per heavy atom. The van der Waals surface area contributed by atoms with Gasteiger partial charge in [0.1, 0.15) is 11.8 Å². The van der Waals surface area contributed by atoms with Crippen molar-refractivity contribution in [1.29, 1.82) is 0 Å². The Kier molecular flexibility index (Phi) is 6.60. The molecule has 6 heteroatoms. The van der Waals surface area contributed by atoms with Crippen molar-refractivity contribution >= 4 is 29.4 Å². The number of nitrogens with one attached hydrogen (secondary N) is 2. The monoisotopic (exact) mass is 357 g/mol. The van der Waals surface area contributed by atoms with E-state index in [0.717, 1.165) is 11.3 Å². The van der Waals surface area contributed by atoms with Crippen LogP contribution in [0.25, 0.3) is 0 Å². The van der Waals surface area contributed by atoms with Crippen LogP contribution in [0.5, 0.6) is 5.75 Å². The number of hydrogen-bond donors (Lipinski definition) is 3. The van der Waals surface area contributed by atoms with Crippen LogP contribution in [0, 0.1) is 0 Å². The van der Waals surface area contributed by atoms with E-state index >= 15 is 0 Å². The van der Waals surface area contributed by atoms with Gasteiger partial charge < -0.3 is 10.4 Å². The molecule has 0 bridgehead atoms. The van der Waals surface area contributed by atoms with E-state index in [1.807, 2.05) is 12.1 Å². The Morgan fingerprint density at radius 3 is 2.72 bits per heavy atom. The summed E-state index contributed by atoms with van der Waals surface area (Å²) in [5.74, 6) is -0.166. The smallest absolute Gasteiger partial charge is 0.262 e. The molecule has 2 aromatic rings. The van der Waals surface area contributed by atoms with Gasteiger partial charge in [0.05, 0.1) is 6.21 Å². The number of carbonyl (C=O) groups is 1. The van der Waals surface area contributed by atoms with Crippen molar-refractivity contribution < 1.29 is 9.90 Å². The van der Waals surface area contributed by atoms with Crippen LogP contribution < -0.4 is 10.7 Å². The van der Waals surface area contributed by atoms with Crippen molar-refractivity contribution in [3.8, 4) is 5.75 Å². The molecule has 2 aromatic carbocycles. The molecule has 0 aliphatic heterocycles. The lowest BCUT2D eigenvalue weighted by molar-refractivity contribution is -0.121. The Morgan fingerprint density at radius 2 is 2.04 bits per heavy atom. The fraction of sp³-hybridized carbons (Fsp3) is 0.158. The molecule has 0 saturated carbocycles. The molecule has 0 fully saturated rings. The number of nitrogens with zero attached hydrogens (tertiary/aromatic N) is 1. The lowest BCUT2D eigenvalue weighted by Crippen LogP contribution is -2.34. The van der Waals surface area contributed by atoms with Crippen LogP contribution in [0.4, 0.5) is 5.69 Å².